The Kier molecular flexibility index (Phi) is 5.82. The highest BCUT2D eigenvalue weighted by Crippen LogP contribution is 2.35. The molecule has 0 spiro atoms. The minimum Gasteiger partial charge on any atom is -0.482 e. The molecule has 2 aliphatic heterocycles. The molecule has 10 nitrogen and oxygen atoms in total. The lowest BCUT2D eigenvalue weighted by Crippen LogP contribution is -2.50. The number of fused-ring (bicyclic) bond motifs is 2. The van der Waals surface area contributed by atoms with Crippen molar-refractivity contribution in [2.45, 2.75) is 31.3 Å². The Morgan fingerprint density at radius 3 is 2.50 bits per heavy atom. The van der Waals surface area contributed by atoms with Gasteiger partial charge in [-0.1, -0.05) is 18.2 Å². The van der Waals surface area contributed by atoms with Crippen LogP contribution in [0.1, 0.15) is 20.8 Å². The normalized spacial score (nSPS) is 16.4. The predicted octanol–water partition coefficient (Wildman–Crippen LogP) is 3.27. The number of rotatable bonds is 3. The second-order valence-corrected chi connectivity index (χ2v) is 11.6. The Balaban J connectivity index is 1.44. The molecule has 1 N–H and O–H groups in total. The van der Waals surface area contributed by atoms with E-state index in [-0.39, 0.29) is 23.5 Å². The molecule has 0 atom stereocenters. The fourth-order valence-corrected chi connectivity index (χ4v) is 5.75. The van der Waals surface area contributed by atoms with E-state index in [4.69, 9.17) is 9.47 Å². The molecule has 0 aliphatic carbocycles. The monoisotopic (exact) mass is 512 g/mol. The van der Waals surface area contributed by atoms with Crippen molar-refractivity contribution in [1.29, 1.82) is 0 Å². The molecule has 1 aromatic heterocycles. The number of para-hydroxylation sites is 1. The number of hydrogen-bond acceptors (Lipinski definition) is 7. The lowest BCUT2D eigenvalue weighted by Gasteiger charge is -2.36. The van der Waals surface area contributed by atoms with Crippen molar-refractivity contribution in [1.82, 2.24) is 8.87 Å². The number of ether oxygens (including phenoxy) is 2. The Labute approximate surface area is 209 Å². The molecule has 1 saturated heterocycles. The van der Waals surface area contributed by atoms with Gasteiger partial charge in [-0.25, -0.2) is 17.2 Å². The van der Waals surface area contributed by atoms with Crippen LogP contribution in [0.2, 0.25) is 0 Å². The highest BCUT2D eigenvalue weighted by atomic mass is 32.2. The number of benzene rings is 2. The van der Waals surface area contributed by atoms with Crippen LogP contribution in [-0.2, 0) is 19.6 Å². The summed E-state index contributed by atoms with van der Waals surface area (Å²) in [6.45, 7) is 7.36. The van der Waals surface area contributed by atoms with Crippen LogP contribution in [0.4, 0.5) is 16.2 Å². The number of nitrogens with zero attached hydrogens (tertiary/aromatic N) is 3. The molecular formula is C25H28N4O6S. The molecule has 2 aliphatic rings. The molecule has 2 aromatic carbocycles. The standard InChI is InChI=1S/C25H28N4O6S/c1-25(2,3)35-24(31)28-12-10-27(11-13-28)21-15-29(20-7-5-4-6-18(20)21)36(32,33)17-8-9-19-22(14-17)34-16-23(30)26-19/h4-9,14-15H,10-13,16H2,1-3H3,(H,26,30). The van der Waals surface area contributed by atoms with E-state index in [0.717, 1.165) is 11.1 Å². The van der Waals surface area contributed by atoms with E-state index in [1.807, 2.05) is 32.9 Å². The van der Waals surface area contributed by atoms with Crippen molar-refractivity contribution in [2.24, 2.45) is 0 Å². The number of aromatic nitrogens is 1. The summed E-state index contributed by atoms with van der Waals surface area (Å²) < 4.78 is 39.6. The lowest BCUT2D eigenvalue weighted by molar-refractivity contribution is -0.118. The molecule has 0 radical (unpaired) electrons. The van der Waals surface area contributed by atoms with Crippen molar-refractivity contribution in [3.8, 4) is 5.75 Å². The van der Waals surface area contributed by atoms with Gasteiger partial charge in [-0.15, -0.1) is 0 Å². The van der Waals surface area contributed by atoms with E-state index in [9.17, 15) is 18.0 Å². The van der Waals surface area contributed by atoms with E-state index in [1.54, 1.807) is 23.2 Å². The Bertz CT molecular complexity index is 1450. The third kappa shape index (κ3) is 4.46. The second-order valence-electron chi connectivity index (χ2n) is 9.78. The van der Waals surface area contributed by atoms with Crippen LogP contribution < -0.4 is 15.0 Å². The highest BCUT2D eigenvalue weighted by Gasteiger charge is 2.29. The summed E-state index contributed by atoms with van der Waals surface area (Å²) in [5.41, 5.74) is 1.20. The van der Waals surface area contributed by atoms with Crippen molar-refractivity contribution < 1.29 is 27.5 Å². The first kappa shape index (κ1) is 24.0. The lowest BCUT2D eigenvalue weighted by atomic mass is 10.2. The van der Waals surface area contributed by atoms with E-state index < -0.39 is 15.6 Å². The number of amides is 2. The number of hydrogen-bond donors (Lipinski definition) is 1. The predicted molar refractivity (Wildman–Crippen MR) is 135 cm³/mol. The summed E-state index contributed by atoms with van der Waals surface area (Å²) in [5, 5.41) is 3.47. The third-order valence-corrected chi connectivity index (χ3v) is 7.74. The third-order valence-electron chi connectivity index (χ3n) is 6.07. The quantitative estimate of drug-likeness (QED) is 0.574. The van der Waals surface area contributed by atoms with Gasteiger partial charge in [-0.05, 0) is 39.0 Å². The van der Waals surface area contributed by atoms with E-state index >= 15 is 0 Å². The van der Waals surface area contributed by atoms with Crippen LogP contribution in [0, 0.1) is 0 Å². The van der Waals surface area contributed by atoms with Crippen molar-refractivity contribution in [2.75, 3.05) is 43.0 Å². The average Bonchev–Trinajstić information content (AvgIpc) is 3.23. The Morgan fingerprint density at radius 2 is 1.78 bits per heavy atom. The zero-order valence-electron chi connectivity index (χ0n) is 20.4. The van der Waals surface area contributed by atoms with Gasteiger partial charge in [0, 0.05) is 43.8 Å². The van der Waals surface area contributed by atoms with Gasteiger partial charge in [0.05, 0.1) is 21.8 Å². The molecule has 0 unspecified atom stereocenters. The average molecular weight is 513 g/mol. The molecule has 2 amide bonds. The van der Waals surface area contributed by atoms with Gasteiger partial charge >= 0.3 is 6.09 Å². The van der Waals surface area contributed by atoms with Gasteiger partial charge in [0.15, 0.2) is 6.61 Å². The first-order chi connectivity index (χ1) is 17.0. The van der Waals surface area contributed by atoms with Gasteiger partial charge in [-0.3, -0.25) is 4.79 Å². The van der Waals surface area contributed by atoms with Crippen LogP contribution in [0.5, 0.6) is 5.75 Å². The molecule has 0 bridgehead atoms. The van der Waals surface area contributed by atoms with Crippen LogP contribution >= 0.6 is 0 Å². The molecule has 5 rings (SSSR count). The molecule has 190 valence electrons. The highest BCUT2D eigenvalue weighted by molar-refractivity contribution is 7.90. The summed E-state index contributed by atoms with van der Waals surface area (Å²) >= 11 is 0. The first-order valence-corrected chi connectivity index (χ1v) is 13.1. The number of anilines is 2. The molecule has 36 heavy (non-hydrogen) atoms. The van der Waals surface area contributed by atoms with Gasteiger partial charge in [0.2, 0.25) is 0 Å². The molecule has 0 saturated carbocycles. The smallest absolute Gasteiger partial charge is 0.410 e. The fourth-order valence-electron chi connectivity index (χ4n) is 4.37. The number of piperazine rings is 1. The van der Waals surface area contributed by atoms with Crippen molar-refractivity contribution >= 4 is 44.3 Å². The summed E-state index contributed by atoms with van der Waals surface area (Å²) in [5.74, 6) is 0.0246. The number of carbonyl (C=O) groups is 2. The van der Waals surface area contributed by atoms with Gasteiger partial charge in [0.1, 0.15) is 11.4 Å². The van der Waals surface area contributed by atoms with Gasteiger partial charge in [-0.2, -0.15) is 0 Å². The molecule has 11 heteroatoms. The van der Waals surface area contributed by atoms with Crippen LogP contribution in [0.15, 0.2) is 53.6 Å². The zero-order chi connectivity index (χ0) is 25.7. The van der Waals surface area contributed by atoms with Gasteiger partial charge < -0.3 is 24.6 Å². The maximum absolute atomic E-state index is 13.7. The summed E-state index contributed by atoms with van der Waals surface area (Å²) in [4.78, 5) is 27.8. The summed E-state index contributed by atoms with van der Waals surface area (Å²) in [6.07, 6.45) is 1.28. The van der Waals surface area contributed by atoms with Crippen LogP contribution in [0.3, 0.4) is 0 Å². The minimum atomic E-state index is -3.96. The molecule has 3 aromatic rings. The number of nitrogens with one attached hydrogen (secondary N) is 1. The minimum absolute atomic E-state index is 0.0550. The van der Waals surface area contributed by atoms with E-state index in [0.29, 0.717) is 43.1 Å². The Hall–Kier alpha value is -3.73. The van der Waals surface area contributed by atoms with Crippen molar-refractivity contribution in [3.63, 3.8) is 0 Å². The maximum Gasteiger partial charge on any atom is 0.410 e. The SMILES string of the molecule is CC(C)(C)OC(=O)N1CCN(c2cn(S(=O)(=O)c3ccc4c(c3)OCC(=O)N4)c3ccccc23)CC1. The Morgan fingerprint density at radius 1 is 1.06 bits per heavy atom. The van der Waals surface area contributed by atoms with E-state index in [2.05, 4.69) is 10.2 Å². The van der Waals surface area contributed by atoms with Crippen LogP contribution in [-0.4, -0.2) is 67.7 Å². The van der Waals surface area contributed by atoms with Crippen molar-refractivity contribution in [3.05, 3.63) is 48.7 Å². The second kappa shape index (κ2) is 8.74. The summed E-state index contributed by atoms with van der Waals surface area (Å²) in [7, 11) is -3.96. The van der Waals surface area contributed by atoms with E-state index in [1.165, 1.54) is 22.2 Å². The summed E-state index contributed by atoms with van der Waals surface area (Å²) in [6, 6.07) is 11.7. The van der Waals surface area contributed by atoms with Crippen LogP contribution in [0.25, 0.3) is 10.9 Å². The largest absolute Gasteiger partial charge is 0.482 e. The zero-order valence-corrected chi connectivity index (χ0v) is 21.2. The molecule has 1 fully saturated rings. The van der Waals surface area contributed by atoms with Gasteiger partial charge in [0.25, 0.3) is 15.9 Å². The maximum atomic E-state index is 13.7. The number of carbonyl (C=O) groups excluding carboxylic acids is 2. The first-order valence-electron chi connectivity index (χ1n) is 11.7. The fraction of sp³-hybridized carbons (Fsp3) is 0.360. The topological polar surface area (TPSA) is 110 Å². The molecule has 3 heterocycles. The molecular weight excluding hydrogens is 484 g/mol.